The van der Waals surface area contributed by atoms with Crippen LogP contribution in [0.25, 0.3) is 0 Å². The number of Topliss-reactive ketones (excluding diaryl/α,β-unsaturated/α-hetero) is 1. The number of carbonyl (C=O) groups is 1. The maximum absolute atomic E-state index is 11.2. The third-order valence-corrected chi connectivity index (χ3v) is 2.00. The van der Waals surface area contributed by atoms with E-state index in [0.717, 1.165) is 0 Å². The first-order valence-corrected chi connectivity index (χ1v) is 4.65. The summed E-state index contributed by atoms with van der Waals surface area (Å²) in [5, 5.41) is 17.2. The zero-order valence-electron chi connectivity index (χ0n) is 8.84. The minimum absolute atomic E-state index is 0.0713. The highest BCUT2D eigenvalue weighted by molar-refractivity contribution is 5.94. The van der Waals surface area contributed by atoms with Gasteiger partial charge in [0.25, 0.3) is 0 Å². The molecular formula is C11H10N4O. The van der Waals surface area contributed by atoms with Gasteiger partial charge < -0.3 is 4.90 Å². The van der Waals surface area contributed by atoms with E-state index in [1.807, 2.05) is 12.1 Å². The van der Waals surface area contributed by atoms with Crippen molar-refractivity contribution in [3.8, 4) is 12.1 Å². The van der Waals surface area contributed by atoms with Crippen molar-refractivity contribution in [2.45, 2.75) is 6.92 Å². The lowest BCUT2D eigenvalue weighted by Gasteiger charge is -2.16. The molecule has 0 aliphatic rings. The topological polar surface area (TPSA) is 80.8 Å². The van der Waals surface area contributed by atoms with Crippen molar-refractivity contribution in [1.82, 2.24) is 4.98 Å². The van der Waals surface area contributed by atoms with E-state index in [4.69, 9.17) is 10.5 Å². The number of nitriles is 2. The standard InChI is InChI=1S/C11H10N4O/c1-9(16)10-2-5-14-11(8-10)15(6-3-12)7-4-13/h2,5,8H,6-7H2,1H3. The summed E-state index contributed by atoms with van der Waals surface area (Å²) in [7, 11) is 0. The van der Waals surface area contributed by atoms with Crippen molar-refractivity contribution >= 4 is 11.6 Å². The average molecular weight is 214 g/mol. The van der Waals surface area contributed by atoms with Crippen molar-refractivity contribution in [2.75, 3.05) is 18.0 Å². The fourth-order valence-electron chi connectivity index (χ4n) is 1.20. The van der Waals surface area contributed by atoms with Crippen LogP contribution in [0.1, 0.15) is 17.3 Å². The second-order valence-electron chi connectivity index (χ2n) is 3.13. The number of hydrogen-bond acceptors (Lipinski definition) is 5. The van der Waals surface area contributed by atoms with Crippen LogP contribution in [0.15, 0.2) is 18.3 Å². The number of aromatic nitrogens is 1. The molecule has 0 unspecified atom stereocenters. The summed E-state index contributed by atoms with van der Waals surface area (Å²) < 4.78 is 0. The summed E-state index contributed by atoms with van der Waals surface area (Å²) in [4.78, 5) is 16.7. The number of carbonyl (C=O) groups excluding carboxylic acids is 1. The monoisotopic (exact) mass is 214 g/mol. The Morgan fingerprint density at radius 3 is 2.56 bits per heavy atom. The van der Waals surface area contributed by atoms with E-state index in [9.17, 15) is 4.79 Å². The summed E-state index contributed by atoms with van der Waals surface area (Å²) in [6, 6.07) is 7.08. The lowest BCUT2D eigenvalue weighted by Crippen LogP contribution is -2.24. The maximum atomic E-state index is 11.2. The molecule has 0 aliphatic heterocycles. The molecule has 16 heavy (non-hydrogen) atoms. The van der Waals surface area contributed by atoms with Crippen molar-refractivity contribution in [2.24, 2.45) is 0 Å². The second-order valence-corrected chi connectivity index (χ2v) is 3.13. The Hall–Kier alpha value is -2.40. The minimum Gasteiger partial charge on any atom is -0.330 e. The molecule has 0 aliphatic carbocycles. The van der Waals surface area contributed by atoms with Gasteiger partial charge >= 0.3 is 0 Å². The van der Waals surface area contributed by atoms with Gasteiger partial charge in [0.15, 0.2) is 5.78 Å². The summed E-state index contributed by atoms with van der Waals surface area (Å²) in [5.74, 6) is 0.397. The summed E-state index contributed by atoms with van der Waals surface area (Å²) >= 11 is 0. The number of ketones is 1. The zero-order valence-corrected chi connectivity index (χ0v) is 8.84. The molecular weight excluding hydrogens is 204 g/mol. The van der Waals surface area contributed by atoms with Crippen LogP contribution in [0.2, 0.25) is 0 Å². The fourth-order valence-corrected chi connectivity index (χ4v) is 1.20. The summed E-state index contributed by atoms with van der Waals surface area (Å²) in [6.45, 7) is 1.60. The predicted octanol–water partition coefficient (Wildman–Crippen LogP) is 1.14. The molecule has 0 fully saturated rings. The normalized spacial score (nSPS) is 8.94. The molecule has 1 aromatic rings. The first-order chi connectivity index (χ1) is 7.69. The molecule has 5 nitrogen and oxygen atoms in total. The van der Waals surface area contributed by atoms with Gasteiger partial charge in [-0.1, -0.05) is 0 Å². The molecule has 0 aromatic carbocycles. The zero-order chi connectivity index (χ0) is 12.0. The van der Waals surface area contributed by atoms with Crippen LogP contribution in [0.4, 0.5) is 5.82 Å². The van der Waals surface area contributed by atoms with Gasteiger partial charge in [0.1, 0.15) is 18.9 Å². The largest absolute Gasteiger partial charge is 0.330 e. The Labute approximate surface area is 93.5 Å². The van der Waals surface area contributed by atoms with Crippen LogP contribution in [0.3, 0.4) is 0 Å². The van der Waals surface area contributed by atoms with Crippen LogP contribution in [-0.4, -0.2) is 23.9 Å². The van der Waals surface area contributed by atoms with Crippen LogP contribution in [0, 0.1) is 22.7 Å². The van der Waals surface area contributed by atoms with Gasteiger partial charge in [0, 0.05) is 11.8 Å². The van der Waals surface area contributed by atoms with Gasteiger partial charge in [0.05, 0.1) is 12.1 Å². The van der Waals surface area contributed by atoms with Crippen molar-refractivity contribution in [3.63, 3.8) is 0 Å². The van der Waals surface area contributed by atoms with E-state index in [1.54, 1.807) is 12.1 Å². The SMILES string of the molecule is CC(=O)c1ccnc(N(CC#N)CC#N)c1. The number of anilines is 1. The molecule has 80 valence electrons. The third-order valence-electron chi connectivity index (χ3n) is 2.00. The quantitative estimate of drug-likeness (QED) is 0.554. The first kappa shape index (κ1) is 11.7. The molecule has 0 amide bonds. The molecule has 1 aromatic heterocycles. The van der Waals surface area contributed by atoms with E-state index in [1.165, 1.54) is 18.0 Å². The van der Waals surface area contributed by atoms with Gasteiger partial charge in [-0.3, -0.25) is 4.79 Å². The van der Waals surface area contributed by atoms with E-state index in [-0.39, 0.29) is 18.9 Å². The summed E-state index contributed by atoms with van der Waals surface area (Å²) in [6.07, 6.45) is 1.49. The van der Waals surface area contributed by atoms with Crippen LogP contribution in [0.5, 0.6) is 0 Å². The highest BCUT2D eigenvalue weighted by Gasteiger charge is 2.08. The Morgan fingerprint density at radius 2 is 2.06 bits per heavy atom. The molecule has 1 rings (SSSR count). The van der Waals surface area contributed by atoms with Crippen molar-refractivity contribution in [1.29, 1.82) is 10.5 Å². The number of hydrogen-bond donors (Lipinski definition) is 0. The molecule has 0 spiro atoms. The van der Waals surface area contributed by atoms with Gasteiger partial charge in [-0.25, -0.2) is 4.98 Å². The Kier molecular flexibility index (Phi) is 3.99. The van der Waals surface area contributed by atoms with E-state index in [2.05, 4.69) is 4.98 Å². The number of pyridine rings is 1. The van der Waals surface area contributed by atoms with Gasteiger partial charge in [-0.05, 0) is 19.1 Å². The molecule has 0 saturated carbocycles. The van der Waals surface area contributed by atoms with Crippen LogP contribution in [-0.2, 0) is 0 Å². The Balaban J connectivity index is 3.01. The summed E-state index contributed by atoms with van der Waals surface area (Å²) in [5.41, 5.74) is 0.519. The van der Waals surface area contributed by atoms with Crippen LogP contribution < -0.4 is 4.90 Å². The second kappa shape index (κ2) is 5.47. The highest BCUT2D eigenvalue weighted by atomic mass is 16.1. The number of rotatable bonds is 4. The molecule has 0 radical (unpaired) electrons. The molecule has 0 atom stereocenters. The molecule has 0 bridgehead atoms. The molecule has 5 heteroatoms. The lowest BCUT2D eigenvalue weighted by molar-refractivity contribution is 0.101. The van der Waals surface area contributed by atoms with Crippen molar-refractivity contribution < 1.29 is 4.79 Å². The fraction of sp³-hybridized carbons (Fsp3) is 0.273. The van der Waals surface area contributed by atoms with E-state index < -0.39 is 0 Å². The Bertz CT molecular complexity index is 454. The van der Waals surface area contributed by atoms with Gasteiger partial charge in [0.2, 0.25) is 0 Å². The van der Waals surface area contributed by atoms with Crippen LogP contribution >= 0.6 is 0 Å². The lowest BCUT2D eigenvalue weighted by atomic mass is 10.2. The smallest absolute Gasteiger partial charge is 0.159 e. The minimum atomic E-state index is -0.0717. The van der Waals surface area contributed by atoms with Gasteiger partial charge in [-0.2, -0.15) is 10.5 Å². The average Bonchev–Trinajstić information content (AvgIpc) is 2.29. The molecule has 0 N–H and O–H groups in total. The number of nitrogens with zero attached hydrogens (tertiary/aromatic N) is 4. The van der Waals surface area contributed by atoms with Gasteiger partial charge in [-0.15, -0.1) is 0 Å². The molecule has 0 saturated heterocycles. The predicted molar refractivity (Wildman–Crippen MR) is 57.7 cm³/mol. The Morgan fingerprint density at radius 1 is 1.44 bits per heavy atom. The highest BCUT2D eigenvalue weighted by Crippen LogP contribution is 2.12. The van der Waals surface area contributed by atoms with E-state index in [0.29, 0.717) is 11.4 Å². The first-order valence-electron chi connectivity index (χ1n) is 4.65. The molecule has 1 heterocycles. The van der Waals surface area contributed by atoms with E-state index >= 15 is 0 Å². The van der Waals surface area contributed by atoms with Crippen molar-refractivity contribution in [3.05, 3.63) is 23.9 Å². The maximum Gasteiger partial charge on any atom is 0.159 e. The third kappa shape index (κ3) is 2.79.